The van der Waals surface area contributed by atoms with Crippen LogP contribution in [0.15, 0.2) is 18.5 Å². The Morgan fingerprint density at radius 3 is 2.26 bits per heavy atom. The van der Waals surface area contributed by atoms with Gasteiger partial charge in [-0.3, -0.25) is 9.59 Å². The fourth-order valence-electron chi connectivity index (χ4n) is 2.53. The van der Waals surface area contributed by atoms with Crippen LogP contribution in [0.2, 0.25) is 0 Å². The van der Waals surface area contributed by atoms with E-state index in [1.54, 1.807) is 0 Å². The molecule has 3 rings (SSSR count). The molecule has 1 aromatic rings. The smallest absolute Gasteiger partial charge is 0.255 e. The molecule has 2 amide bonds. The number of rotatable bonds is 2. The van der Waals surface area contributed by atoms with Crippen molar-refractivity contribution >= 4 is 11.8 Å². The number of nitrogens with zero attached hydrogens (tertiary/aromatic N) is 3. The average Bonchev–Trinajstić information content (AvgIpc) is 3.19. The molecule has 1 saturated heterocycles. The van der Waals surface area contributed by atoms with Crippen LogP contribution in [0.25, 0.3) is 0 Å². The maximum absolute atomic E-state index is 12.2. The number of carbonyl (C=O) groups is 2. The van der Waals surface area contributed by atoms with Crippen molar-refractivity contribution in [3.05, 3.63) is 24.0 Å². The third kappa shape index (κ3) is 2.50. The van der Waals surface area contributed by atoms with Crippen LogP contribution in [-0.2, 0) is 11.8 Å². The first-order valence-electron chi connectivity index (χ1n) is 6.85. The lowest BCUT2D eigenvalue weighted by atomic mass is 10.2. The van der Waals surface area contributed by atoms with E-state index in [0.717, 1.165) is 18.4 Å². The Kier molecular flexibility index (Phi) is 3.05. The summed E-state index contributed by atoms with van der Waals surface area (Å²) in [7, 11) is 1.91. The van der Waals surface area contributed by atoms with Crippen molar-refractivity contribution < 1.29 is 9.59 Å². The number of hydrogen-bond donors (Lipinski definition) is 0. The largest absolute Gasteiger partial charge is 0.356 e. The molecule has 0 unspecified atom stereocenters. The molecule has 2 heterocycles. The molecule has 1 aliphatic carbocycles. The van der Waals surface area contributed by atoms with Gasteiger partial charge >= 0.3 is 0 Å². The summed E-state index contributed by atoms with van der Waals surface area (Å²) < 4.78 is 1.88. The van der Waals surface area contributed by atoms with E-state index in [-0.39, 0.29) is 17.7 Å². The van der Waals surface area contributed by atoms with Gasteiger partial charge in [0.05, 0.1) is 5.56 Å². The first kappa shape index (κ1) is 12.3. The molecule has 102 valence electrons. The zero-order valence-electron chi connectivity index (χ0n) is 11.2. The Morgan fingerprint density at radius 2 is 1.74 bits per heavy atom. The summed E-state index contributed by atoms with van der Waals surface area (Å²) in [5.41, 5.74) is 0.726. The monoisotopic (exact) mass is 261 g/mol. The van der Waals surface area contributed by atoms with E-state index in [1.165, 1.54) is 0 Å². The van der Waals surface area contributed by atoms with Crippen molar-refractivity contribution in [2.75, 3.05) is 26.2 Å². The molecule has 5 nitrogen and oxygen atoms in total. The van der Waals surface area contributed by atoms with E-state index in [1.807, 2.05) is 39.9 Å². The van der Waals surface area contributed by atoms with Crippen LogP contribution in [0.5, 0.6) is 0 Å². The van der Waals surface area contributed by atoms with Gasteiger partial charge in [-0.2, -0.15) is 0 Å². The minimum absolute atomic E-state index is 0.0686. The zero-order chi connectivity index (χ0) is 13.4. The highest BCUT2D eigenvalue weighted by molar-refractivity contribution is 5.94. The van der Waals surface area contributed by atoms with Crippen molar-refractivity contribution in [1.82, 2.24) is 14.4 Å². The molecule has 0 N–H and O–H groups in total. The number of hydrogen-bond acceptors (Lipinski definition) is 2. The molecule has 0 bridgehead atoms. The van der Waals surface area contributed by atoms with Gasteiger partial charge in [-0.15, -0.1) is 0 Å². The predicted octanol–water partition coefficient (Wildman–Crippen LogP) is 0.719. The normalized spacial score (nSPS) is 19.6. The van der Waals surface area contributed by atoms with Gasteiger partial charge in [-0.05, 0) is 18.9 Å². The molecule has 1 aliphatic heterocycles. The van der Waals surface area contributed by atoms with Crippen LogP contribution < -0.4 is 0 Å². The van der Waals surface area contributed by atoms with Crippen molar-refractivity contribution in [3.8, 4) is 0 Å². The topological polar surface area (TPSA) is 45.6 Å². The summed E-state index contributed by atoms with van der Waals surface area (Å²) in [6, 6.07) is 1.84. The van der Waals surface area contributed by atoms with E-state index < -0.39 is 0 Å². The highest BCUT2D eigenvalue weighted by Crippen LogP contribution is 2.31. The fourth-order valence-corrected chi connectivity index (χ4v) is 2.53. The quantitative estimate of drug-likeness (QED) is 0.787. The second-order valence-corrected chi connectivity index (χ2v) is 5.46. The minimum atomic E-state index is 0.0686. The lowest BCUT2D eigenvalue weighted by molar-refractivity contribution is -0.134. The second-order valence-electron chi connectivity index (χ2n) is 5.46. The van der Waals surface area contributed by atoms with Crippen molar-refractivity contribution in [3.63, 3.8) is 0 Å². The summed E-state index contributed by atoms with van der Waals surface area (Å²) in [5, 5.41) is 0. The Hall–Kier alpha value is -1.78. The summed E-state index contributed by atoms with van der Waals surface area (Å²) in [4.78, 5) is 27.9. The Bertz CT molecular complexity index is 497. The van der Waals surface area contributed by atoms with E-state index in [0.29, 0.717) is 26.2 Å². The standard InChI is InChI=1S/C14H19N3O2/c1-15-5-4-12(10-15)14(19)17-8-6-16(7-9-17)13(18)11-2-3-11/h4-5,10-11H,2-3,6-9H2,1H3. The molecule has 2 fully saturated rings. The van der Waals surface area contributed by atoms with E-state index in [4.69, 9.17) is 0 Å². The van der Waals surface area contributed by atoms with Gasteiger partial charge in [0.15, 0.2) is 0 Å². The Labute approximate surface area is 112 Å². The van der Waals surface area contributed by atoms with Crippen LogP contribution in [0.1, 0.15) is 23.2 Å². The maximum Gasteiger partial charge on any atom is 0.255 e. The maximum atomic E-state index is 12.2. The minimum Gasteiger partial charge on any atom is -0.356 e. The van der Waals surface area contributed by atoms with Gasteiger partial charge in [0.25, 0.3) is 5.91 Å². The summed E-state index contributed by atoms with van der Waals surface area (Å²) >= 11 is 0. The molecule has 0 atom stereocenters. The van der Waals surface area contributed by atoms with E-state index in [9.17, 15) is 9.59 Å². The Morgan fingerprint density at radius 1 is 1.11 bits per heavy atom. The third-order valence-electron chi connectivity index (χ3n) is 3.88. The van der Waals surface area contributed by atoms with E-state index in [2.05, 4.69) is 0 Å². The number of aromatic nitrogens is 1. The van der Waals surface area contributed by atoms with Crippen molar-refractivity contribution in [1.29, 1.82) is 0 Å². The van der Waals surface area contributed by atoms with Gasteiger partial charge in [-0.1, -0.05) is 0 Å². The average molecular weight is 261 g/mol. The number of piperazine rings is 1. The fraction of sp³-hybridized carbons (Fsp3) is 0.571. The van der Waals surface area contributed by atoms with Gasteiger partial charge in [0.1, 0.15) is 0 Å². The number of amides is 2. The molecule has 1 saturated carbocycles. The van der Waals surface area contributed by atoms with Crippen molar-refractivity contribution in [2.45, 2.75) is 12.8 Å². The van der Waals surface area contributed by atoms with Gasteiger partial charge in [-0.25, -0.2) is 0 Å². The van der Waals surface area contributed by atoms with Crippen LogP contribution in [0, 0.1) is 5.92 Å². The van der Waals surface area contributed by atoms with Crippen LogP contribution in [0.3, 0.4) is 0 Å². The highest BCUT2D eigenvalue weighted by atomic mass is 16.2. The molecular weight excluding hydrogens is 242 g/mol. The Balaban J connectivity index is 1.57. The molecular formula is C14H19N3O2. The van der Waals surface area contributed by atoms with Crippen LogP contribution in [-0.4, -0.2) is 52.4 Å². The van der Waals surface area contributed by atoms with Crippen LogP contribution in [0.4, 0.5) is 0 Å². The first-order chi connectivity index (χ1) is 9.15. The SMILES string of the molecule is Cn1ccc(C(=O)N2CCN(C(=O)C3CC3)CC2)c1. The molecule has 1 aromatic heterocycles. The zero-order valence-corrected chi connectivity index (χ0v) is 11.2. The van der Waals surface area contributed by atoms with Gasteiger partial charge in [0.2, 0.25) is 5.91 Å². The van der Waals surface area contributed by atoms with Gasteiger partial charge < -0.3 is 14.4 Å². The van der Waals surface area contributed by atoms with Gasteiger partial charge in [0, 0.05) is 51.5 Å². The number of aryl methyl sites for hydroxylation is 1. The first-order valence-corrected chi connectivity index (χ1v) is 6.85. The summed E-state index contributed by atoms with van der Waals surface area (Å²) in [5.74, 6) is 0.627. The molecule has 0 radical (unpaired) electrons. The predicted molar refractivity (Wildman–Crippen MR) is 70.6 cm³/mol. The summed E-state index contributed by atoms with van der Waals surface area (Å²) in [6.45, 7) is 2.64. The second kappa shape index (κ2) is 4.72. The van der Waals surface area contributed by atoms with Crippen LogP contribution >= 0.6 is 0 Å². The molecule has 5 heteroatoms. The lowest BCUT2D eigenvalue weighted by Crippen LogP contribution is -2.51. The molecule has 0 aromatic carbocycles. The van der Waals surface area contributed by atoms with Crippen molar-refractivity contribution in [2.24, 2.45) is 13.0 Å². The summed E-state index contributed by atoms with van der Waals surface area (Å²) in [6.07, 6.45) is 5.80. The molecule has 0 spiro atoms. The van der Waals surface area contributed by atoms with E-state index >= 15 is 0 Å². The molecule has 19 heavy (non-hydrogen) atoms. The lowest BCUT2D eigenvalue weighted by Gasteiger charge is -2.34. The highest BCUT2D eigenvalue weighted by Gasteiger charge is 2.35. The molecule has 2 aliphatic rings. The number of carbonyl (C=O) groups excluding carboxylic acids is 2. The third-order valence-corrected chi connectivity index (χ3v) is 3.88.